The molecule has 0 amide bonds. The standard InChI is InChI=1S/C13H11BrFN3O2/c1-7-4-5-17-13(11(7)12(16)18-19)20-10-6-8(15)2-3-9(10)14/h2-6,19H,1H3,(H2,16,18). The second-order valence-electron chi connectivity index (χ2n) is 3.97. The van der Waals surface area contributed by atoms with Crippen LogP contribution in [0.4, 0.5) is 4.39 Å². The maximum absolute atomic E-state index is 13.2. The van der Waals surface area contributed by atoms with Gasteiger partial charge in [-0.15, -0.1) is 0 Å². The van der Waals surface area contributed by atoms with Gasteiger partial charge in [-0.2, -0.15) is 0 Å². The van der Waals surface area contributed by atoms with Crippen molar-refractivity contribution in [1.29, 1.82) is 0 Å². The first-order chi connectivity index (χ1) is 9.52. The molecule has 20 heavy (non-hydrogen) atoms. The van der Waals surface area contributed by atoms with Crippen LogP contribution in [-0.2, 0) is 0 Å². The molecule has 1 aromatic heterocycles. The molecule has 0 unspecified atom stereocenters. The van der Waals surface area contributed by atoms with Crippen LogP contribution in [-0.4, -0.2) is 16.0 Å². The Morgan fingerprint density at radius 3 is 2.90 bits per heavy atom. The Morgan fingerprint density at radius 1 is 1.45 bits per heavy atom. The number of oxime groups is 1. The van der Waals surface area contributed by atoms with Crippen molar-refractivity contribution >= 4 is 21.8 Å². The van der Waals surface area contributed by atoms with Crippen molar-refractivity contribution in [1.82, 2.24) is 4.98 Å². The number of halogens is 2. The minimum Gasteiger partial charge on any atom is -0.437 e. The SMILES string of the molecule is Cc1ccnc(Oc2cc(F)ccc2Br)c1/C(N)=N/O. The number of hydrogen-bond acceptors (Lipinski definition) is 4. The lowest BCUT2D eigenvalue weighted by Crippen LogP contribution is -2.16. The topological polar surface area (TPSA) is 80.7 Å². The molecule has 5 nitrogen and oxygen atoms in total. The van der Waals surface area contributed by atoms with E-state index in [-0.39, 0.29) is 17.5 Å². The molecular formula is C13H11BrFN3O2. The molecule has 104 valence electrons. The van der Waals surface area contributed by atoms with E-state index in [2.05, 4.69) is 26.1 Å². The highest BCUT2D eigenvalue weighted by Crippen LogP contribution is 2.31. The third-order valence-corrected chi connectivity index (χ3v) is 3.24. The zero-order chi connectivity index (χ0) is 14.7. The minimum absolute atomic E-state index is 0.127. The Kier molecular flexibility index (Phi) is 4.19. The fourth-order valence-electron chi connectivity index (χ4n) is 1.63. The molecule has 0 fully saturated rings. The van der Waals surface area contributed by atoms with E-state index < -0.39 is 5.82 Å². The molecule has 2 rings (SSSR count). The molecule has 3 N–H and O–H groups in total. The van der Waals surface area contributed by atoms with Crippen LogP contribution in [0.3, 0.4) is 0 Å². The van der Waals surface area contributed by atoms with Gasteiger partial charge in [0, 0.05) is 12.3 Å². The number of benzene rings is 1. The predicted molar refractivity (Wildman–Crippen MR) is 75.7 cm³/mol. The zero-order valence-corrected chi connectivity index (χ0v) is 12.1. The molecule has 0 aliphatic carbocycles. The second-order valence-corrected chi connectivity index (χ2v) is 4.82. The van der Waals surface area contributed by atoms with Crippen molar-refractivity contribution in [3.63, 3.8) is 0 Å². The van der Waals surface area contributed by atoms with E-state index in [1.54, 1.807) is 13.0 Å². The molecule has 7 heteroatoms. The van der Waals surface area contributed by atoms with Gasteiger partial charge < -0.3 is 15.7 Å². The minimum atomic E-state index is -0.443. The normalized spacial score (nSPS) is 11.4. The Hall–Kier alpha value is -2.15. The number of aromatic nitrogens is 1. The number of aryl methyl sites for hydroxylation is 1. The first-order valence-electron chi connectivity index (χ1n) is 5.59. The Balaban J connectivity index is 2.49. The number of hydrogen-bond donors (Lipinski definition) is 2. The number of nitrogens with two attached hydrogens (primary N) is 1. The molecular weight excluding hydrogens is 329 g/mol. The Morgan fingerprint density at radius 2 is 2.20 bits per heavy atom. The molecule has 0 saturated carbocycles. The summed E-state index contributed by atoms with van der Waals surface area (Å²) >= 11 is 3.25. The fraction of sp³-hybridized carbons (Fsp3) is 0.0769. The van der Waals surface area contributed by atoms with Gasteiger partial charge in [0.25, 0.3) is 0 Å². The number of nitrogens with zero attached hydrogens (tertiary/aromatic N) is 2. The largest absolute Gasteiger partial charge is 0.437 e. The smallest absolute Gasteiger partial charge is 0.230 e. The Bertz CT molecular complexity index is 677. The van der Waals surface area contributed by atoms with Gasteiger partial charge in [-0.3, -0.25) is 0 Å². The van der Waals surface area contributed by atoms with Gasteiger partial charge >= 0.3 is 0 Å². The zero-order valence-electron chi connectivity index (χ0n) is 10.5. The lowest BCUT2D eigenvalue weighted by atomic mass is 10.1. The third-order valence-electron chi connectivity index (χ3n) is 2.59. The number of ether oxygens (including phenoxy) is 1. The maximum atomic E-state index is 13.2. The summed E-state index contributed by atoms with van der Waals surface area (Å²) < 4.78 is 19.4. The summed E-state index contributed by atoms with van der Waals surface area (Å²) in [5, 5.41) is 11.8. The molecule has 0 aliphatic heterocycles. The van der Waals surface area contributed by atoms with Crippen LogP contribution in [0.2, 0.25) is 0 Å². The van der Waals surface area contributed by atoms with Crippen LogP contribution in [0.1, 0.15) is 11.1 Å². The molecule has 0 bridgehead atoms. The van der Waals surface area contributed by atoms with Crippen LogP contribution in [0.5, 0.6) is 11.6 Å². The van der Waals surface area contributed by atoms with Crippen molar-refractivity contribution in [3.8, 4) is 11.6 Å². The average molecular weight is 340 g/mol. The highest BCUT2D eigenvalue weighted by atomic mass is 79.9. The molecule has 1 aromatic carbocycles. The predicted octanol–water partition coefficient (Wildman–Crippen LogP) is 3.18. The highest BCUT2D eigenvalue weighted by Gasteiger charge is 2.15. The summed E-state index contributed by atoms with van der Waals surface area (Å²) in [7, 11) is 0. The molecule has 2 aromatic rings. The third kappa shape index (κ3) is 2.88. The van der Waals surface area contributed by atoms with Crippen LogP contribution >= 0.6 is 15.9 Å². The van der Waals surface area contributed by atoms with Gasteiger partial charge in [-0.05, 0) is 46.6 Å². The summed E-state index contributed by atoms with van der Waals surface area (Å²) in [6.45, 7) is 1.77. The quantitative estimate of drug-likeness (QED) is 0.389. The van der Waals surface area contributed by atoms with Gasteiger partial charge in [0.05, 0.1) is 10.0 Å². The molecule has 0 aliphatic rings. The maximum Gasteiger partial charge on any atom is 0.230 e. The molecule has 0 atom stereocenters. The molecule has 0 spiro atoms. The summed E-state index contributed by atoms with van der Waals surface area (Å²) in [5.74, 6) is -0.194. The van der Waals surface area contributed by atoms with E-state index in [4.69, 9.17) is 15.7 Å². The number of amidine groups is 1. The van der Waals surface area contributed by atoms with Gasteiger partial charge in [0.15, 0.2) is 5.84 Å². The summed E-state index contributed by atoms with van der Waals surface area (Å²) in [6.07, 6.45) is 1.52. The number of pyridine rings is 1. The van der Waals surface area contributed by atoms with E-state index in [9.17, 15) is 4.39 Å². The van der Waals surface area contributed by atoms with Crippen molar-refractivity contribution in [3.05, 3.63) is 51.9 Å². The lowest BCUT2D eigenvalue weighted by molar-refractivity contribution is 0.318. The highest BCUT2D eigenvalue weighted by molar-refractivity contribution is 9.10. The van der Waals surface area contributed by atoms with Crippen molar-refractivity contribution in [2.45, 2.75) is 6.92 Å². The van der Waals surface area contributed by atoms with E-state index in [0.29, 0.717) is 10.0 Å². The van der Waals surface area contributed by atoms with Crippen molar-refractivity contribution in [2.24, 2.45) is 10.9 Å². The van der Waals surface area contributed by atoms with Crippen molar-refractivity contribution < 1.29 is 14.3 Å². The van der Waals surface area contributed by atoms with Gasteiger partial charge in [0.2, 0.25) is 5.88 Å². The van der Waals surface area contributed by atoms with Gasteiger partial charge in [-0.1, -0.05) is 5.16 Å². The summed E-state index contributed by atoms with van der Waals surface area (Å²) in [5.41, 5.74) is 6.68. The number of rotatable bonds is 3. The van der Waals surface area contributed by atoms with Gasteiger partial charge in [-0.25, -0.2) is 9.37 Å². The van der Waals surface area contributed by atoms with Crippen LogP contribution < -0.4 is 10.5 Å². The molecule has 0 saturated heterocycles. The lowest BCUT2D eigenvalue weighted by Gasteiger charge is -2.12. The second kappa shape index (κ2) is 5.87. The van der Waals surface area contributed by atoms with E-state index in [1.807, 2.05) is 0 Å². The average Bonchev–Trinajstić information content (AvgIpc) is 2.42. The summed E-state index contributed by atoms with van der Waals surface area (Å²) in [4.78, 5) is 4.04. The summed E-state index contributed by atoms with van der Waals surface area (Å²) in [6, 6.07) is 5.72. The van der Waals surface area contributed by atoms with E-state index >= 15 is 0 Å². The van der Waals surface area contributed by atoms with Crippen LogP contribution in [0.15, 0.2) is 40.1 Å². The molecule has 0 radical (unpaired) electrons. The Labute approximate surface area is 123 Å². The van der Waals surface area contributed by atoms with Crippen LogP contribution in [0, 0.1) is 12.7 Å². The van der Waals surface area contributed by atoms with Gasteiger partial charge in [0.1, 0.15) is 11.6 Å². The monoisotopic (exact) mass is 339 g/mol. The van der Waals surface area contributed by atoms with Crippen molar-refractivity contribution in [2.75, 3.05) is 0 Å². The van der Waals surface area contributed by atoms with E-state index in [1.165, 1.54) is 24.4 Å². The van der Waals surface area contributed by atoms with E-state index in [0.717, 1.165) is 5.56 Å². The van der Waals surface area contributed by atoms with Crippen LogP contribution in [0.25, 0.3) is 0 Å². The fourth-order valence-corrected chi connectivity index (χ4v) is 1.96. The first-order valence-corrected chi connectivity index (χ1v) is 6.38. The first kappa shape index (κ1) is 14.3. The molecule has 1 heterocycles.